The molecule has 1 aliphatic rings. The van der Waals surface area contributed by atoms with Gasteiger partial charge in [-0.1, -0.05) is 12.1 Å². The van der Waals surface area contributed by atoms with Crippen LogP contribution in [0.4, 0.5) is 10.5 Å². The maximum Gasteiger partial charge on any atom is 0.414 e. The van der Waals surface area contributed by atoms with Crippen LogP contribution < -0.4 is 20.7 Å². The fourth-order valence-electron chi connectivity index (χ4n) is 2.74. The standard InChI is InChI=1S/C19H22N4O5S/c1-26-17(24)7-16-6-14(11-29-16)27-10-15-9-23(19(25)28-15)13-4-2-12(3-5-13)8-22-18(20)21/h2-6,11,15H,7-10H2,1H3,(H4,20,21,22). The molecule has 0 radical (unpaired) electrons. The van der Waals surface area contributed by atoms with Crippen molar-refractivity contribution in [2.75, 3.05) is 25.2 Å². The molecule has 154 valence electrons. The fourth-order valence-corrected chi connectivity index (χ4v) is 3.53. The van der Waals surface area contributed by atoms with Gasteiger partial charge in [-0.25, -0.2) is 4.79 Å². The van der Waals surface area contributed by atoms with Crippen LogP contribution in [-0.2, 0) is 27.2 Å². The number of nitrogens with two attached hydrogens (primary N) is 1. The lowest BCUT2D eigenvalue weighted by Gasteiger charge is -2.14. The molecule has 0 spiro atoms. The van der Waals surface area contributed by atoms with Gasteiger partial charge in [0.1, 0.15) is 12.4 Å². The van der Waals surface area contributed by atoms with E-state index >= 15 is 0 Å². The quantitative estimate of drug-likeness (QED) is 0.339. The molecule has 29 heavy (non-hydrogen) atoms. The van der Waals surface area contributed by atoms with E-state index in [1.54, 1.807) is 16.3 Å². The second kappa shape index (κ2) is 9.28. The molecule has 2 heterocycles. The van der Waals surface area contributed by atoms with E-state index in [0.717, 1.165) is 16.1 Å². The van der Waals surface area contributed by atoms with Crippen LogP contribution in [0.3, 0.4) is 0 Å². The van der Waals surface area contributed by atoms with Gasteiger partial charge in [-0.2, -0.15) is 0 Å². The van der Waals surface area contributed by atoms with Gasteiger partial charge < -0.3 is 25.3 Å². The fraction of sp³-hybridized carbons (Fsp3) is 0.316. The molecule has 1 amide bonds. The third kappa shape index (κ3) is 5.61. The number of carbonyl (C=O) groups is 2. The van der Waals surface area contributed by atoms with Gasteiger partial charge >= 0.3 is 12.1 Å². The zero-order chi connectivity index (χ0) is 20.8. The third-order valence-electron chi connectivity index (χ3n) is 4.22. The summed E-state index contributed by atoms with van der Waals surface area (Å²) in [6, 6.07) is 9.14. The summed E-state index contributed by atoms with van der Waals surface area (Å²) < 4.78 is 15.7. The number of guanidine groups is 1. The number of rotatable bonds is 8. The SMILES string of the molecule is COC(=O)Cc1cc(OCC2CN(c3ccc(CNC(=N)N)cc3)C(=O)O2)cs1. The molecule has 1 saturated heterocycles. The van der Waals surface area contributed by atoms with Crippen molar-refractivity contribution in [2.45, 2.75) is 19.1 Å². The van der Waals surface area contributed by atoms with Gasteiger partial charge in [-0.15, -0.1) is 11.3 Å². The smallest absolute Gasteiger partial charge is 0.414 e. The largest absolute Gasteiger partial charge is 0.489 e. The van der Waals surface area contributed by atoms with Crippen molar-refractivity contribution in [3.8, 4) is 5.75 Å². The highest BCUT2D eigenvalue weighted by molar-refractivity contribution is 7.10. The summed E-state index contributed by atoms with van der Waals surface area (Å²) in [5, 5.41) is 11.7. The van der Waals surface area contributed by atoms with Gasteiger partial charge in [0, 0.05) is 22.5 Å². The average molecular weight is 418 g/mol. The zero-order valence-corrected chi connectivity index (χ0v) is 16.7. The minimum Gasteiger partial charge on any atom is -0.489 e. The number of cyclic esters (lactones) is 1. The number of esters is 1. The molecule has 0 saturated carbocycles. The number of benzene rings is 1. The number of ether oxygens (including phenoxy) is 3. The monoisotopic (exact) mass is 418 g/mol. The summed E-state index contributed by atoms with van der Waals surface area (Å²) in [6.07, 6.45) is -0.621. The molecule has 0 aliphatic carbocycles. The molecular weight excluding hydrogens is 396 g/mol. The maximum absolute atomic E-state index is 12.2. The third-order valence-corrected chi connectivity index (χ3v) is 5.13. The van der Waals surface area contributed by atoms with Gasteiger partial charge in [0.25, 0.3) is 0 Å². The van der Waals surface area contributed by atoms with Crippen LogP contribution in [0.1, 0.15) is 10.4 Å². The highest BCUT2D eigenvalue weighted by atomic mass is 32.1. The predicted octanol–water partition coefficient (Wildman–Crippen LogP) is 1.85. The molecule has 9 nitrogen and oxygen atoms in total. The van der Waals surface area contributed by atoms with E-state index in [-0.39, 0.29) is 25.0 Å². The predicted molar refractivity (Wildman–Crippen MR) is 108 cm³/mol. The molecule has 2 aromatic rings. The van der Waals surface area contributed by atoms with E-state index in [1.807, 2.05) is 24.3 Å². The van der Waals surface area contributed by atoms with Crippen LogP contribution in [0.25, 0.3) is 0 Å². The normalized spacial score (nSPS) is 15.7. The molecule has 10 heteroatoms. The van der Waals surface area contributed by atoms with Crippen molar-refractivity contribution < 1.29 is 23.8 Å². The first-order valence-corrected chi connectivity index (χ1v) is 9.74. The van der Waals surface area contributed by atoms with Gasteiger partial charge in [0.2, 0.25) is 0 Å². The molecule has 1 atom stereocenters. The lowest BCUT2D eigenvalue weighted by atomic mass is 10.2. The molecule has 3 rings (SSSR count). The van der Waals surface area contributed by atoms with Crippen molar-refractivity contribution in [2.24, 2.45) is 5.73 Å². The Morgan fingerprint density at radius 2 is 2.17 bits per heavy atom. The molecule has 1 aromatic carbocycles. The Bertz CT molecular complexity index is 883. The highest BCUT2D eigenvalue weighted by Crippen LogP contribution is 2.25. The minimum atomic E-state index is -0.426. The average Bonchev–Trinajstić information content (AvgIpc) is 3.31. The summed E-state index contributed by atoms with van der Waals surface area (Å²) in [7, 11) is 1.35. The Kier molecular flexibility index (Phi) is 6.55. The summed E-state index contributed by atoms with van der Waals surface area (Å²) in [6.45, 7) is 1.04. The Balaban J connectivity index is 1.51. The first-order chi connectivity index (χ1) is 13.9. The molecule has 4 N–H and O–H groups in total. The van der Waals surface area contributed by atoms with Gasteiger partial charge in [0.05, 0.1) is 20.1 Å². The topological polar surface area (TPSA) is 127 Å². The van der Waals surface area contributed by atoms with E-state index in [9.17, 15) is 9.59 Å². The van der Waals surface area contributed by atoms with Crippen LogP contribution in [0, 0.1) is 5.41 Å². The van der Waals surface area contributed by atoms with Gasteiger partial charge in [-0.05, 0) is 23.8 Å². The number of nitrogens with one attached hydrogen (secondary N) is 2. The summed E-state index contributed by atoms with van der Waals surface area (Å²) in [5.74, 6) is 0.232. The first-order valence-electron chi connectivity index (χ1n) is 8.86. The Hall–Kier alpha value is -3.27. The van der Waals surface area contributed by atoms with Crippen molar-refractivity contribution in [1.29, 1.82) is 5.41 Å². The number of hydrogen-bond acceptors (Lipinski definition) is 7. The van der Waals surface area contributed by atoms with E-state index in [0.29, 0.717) is 18.8 Å². The highest BCUT2D eigenvalue weighted by Gasteiger charge is 2.32. The molecule has 0 bridgehead atoms. The van der Waals surface area contributed by atoms with E-state index in [4.69, 9.17) is 20.6 Å². The Morgan fingerprint density at radius 1 is 1.41 bits per heavy atom. The van der Waals surface area contributed by atoms with Crippen LogP contribution in [0.5, 0.6) is 5.75 Å². The molecular formula is C19H22N4O5S. The number of thiophene rings is 1. The number of amides is 1. The number of nitrogens with zero attached hydrogens (tertiary/aromatic N) is 1. The van der Waals surface area contributed by atoms with Crippen molar-refractivity contribution in [1.82, 2.24) is 5.32 Å². The van der Waals surface area contributed by atoms with Gasteiger partial charge in [0.15, 0.2) is 12.1 Å². The zero-order valence-electron chi connectivity index (χ0n) is 15.8. The molecule has 1 unspecified atom stereocenters. The first kappa shape index (κ1) is 20.5. The maximum atomic E-state index is 12.2. The number of hydrogen-bond donors (Lipinski definition) is 3. The van der Waals surface area contributed by atoms with Crippen LogP contribution >= 0.6 is 11.3 Å². The number of carbonyl (C=O) groups excluding carboxylic acids is 2. The van der Waals surface area contributed by atoms with E-state index in [2.05, 4.69) is 10.1 Å². The molecule has 1 aromatic heterocycles. The van der Waals surface area contributed by atoms with Crippen LogP contribution in [0.15, 0.2) is 35.7 Å². The van der Waals surface area contributed by atoms with Crippen molar-refractivity contribution in [3.05, 3.63) is 46.2 Å². The summed E-state index contributed by atoms with van der Waals surface area (Å²) >= 11 is 1.41. The van der Waals surface area contributed by atoms with Crippen molar-refractivity contribution in [3.63, 3.8) is 0 Å². The summed E-state index contributed by atoms with van der Waals surface area (Å²) in [4.78, 5) is 25.9. The molecule has 1 aliphatic heterocycles. The van der Waals surface area contributed by atoms with Crippen molar-refractivity contribution >= 4 is 35.0 Å². The minimum absolute atomic E-state index is 0.0944. The lowest BCUT2D eigenvalue weighted by molar-refractivity contribution is -0.139. The second-order valence-electron chi connectivity index (χ2n) is 6.36. The summed E-state index contributed by atoms with van der Waals surface area (Å²) in [5.41, 5.74) is 6.94. The molecule has 1 fully saturated rings. The van der Waals surface area contributed by atoms with Crippen LogP contribution in [-0.4, -0.2) is 44.4 Å². The second-order valence-corrected chi connectivity index (χ2v) is 7.36. The lowest BCUT2D eigenvalue weighted by Crippen LogP contribution is -2.29. The Labute approximate surface area is 171 Å². The number of anilines is 1. The van der Waals surface area contributed by atoms with E-state index < -0.39 is 12.2 Å². The number of methoxy groups -OCH3 is 1. The Morgan fingerprint density at radius 3 is 2.86 bits per heavy atom. The van der Waals surface area contributed by atoms with Gasteiger partial charge in [-0.3, -0.25) is 15.1 Å². The van der Waals surface area contributed by atoms with Crippen LogP contribution in [0.2, 0.25) is 0 Å². The van der Waals surface area contributed by atoms with E-state index in [1.165, 1.54) is 18.4 Å².